The third-order valence-electron chi connectivity index (χ3n) is 2.77. The number of nitrogens with one attached hydrogen (secondary N) is 1. The molecule has 90 valence electrons. The quantitative estimate of drug-likeness (QED) is 0.837. The number of alkyl halides is 3. The maximum atomic E-state index is 12.8. The molecule has 2 heterocycles. The molecule has 3 rings (SSSR count). The summed E-state index contributed by atoms with van der Waals surface area (Å²) in [6.45, 7) is 0. The highest BCUT2D eigenvalue weighted by Crippen LogP contribution is 2.45. The molecule has 1 aliphatic carbocycles. The van der Waals surface area contributed by atoms with Crippen LogP contribution in [0.4, 0.5) is 13.2 Å². The Hall–Kier alpha value is -1.79. The van der Waals surface area contributed by atoms with Gasteiger partial charge in [0.25, 0.3) is 5.56 Å². The maximum Gasteiger partial charge on any atom is 0.417 e. The lowest BCUT2D eigenvalue weighted by Gasteiger charge is -2.07. The van der Waals surface area contributed by atoms with Crippen LogP contribution in [0.5, 0.6) is 0 Å². The fraction of sp³-hybridized carbons (Fsp3) is 0.400. The first-order valence-electron chi connectivity index (χ1n) is 5.06. The van der Waals surface area contributed by atoms with Crippen LogP contribution in [0.1, 0.15) is 30.0 Å². The summed E-state index contributed by atoms with van der Waals surface area (Å²) in [5.41, 5.74) is -1.72. The van der Waals surface area contributed by atoms with Crippen molar-refractivity contribution in [1.29, 1.82) is 0 Å². The molecule has 4 nitrogen and oxygen atoms in total. The lowest BCUT2D eigenvalue weighted by atomic mass is 10.1. The molecule has 0 unspecified atom stereocenters. The summed E-state index contributed by atoms with van der Waals surface area (Å²) < 4.78 is 43.2. The highest BCUT2D eigenvalue weighted by molar-refractivity contribution is 5.81. The number of rotatable bonds is 1. The fourth-order valence-electron chi connectivity index (χ4n) is 1.86. The van der Waals surface area contributed by atoms with Gasteiger partial charge in [-0.3, -0.25) is 9.78 Å². The topological polar surface area (TPSA) is 58.9 Å². The molecule has 1 fully saturated rings. The summed E-state index contributed by atoms with van der Waals surface area (Å²) in [6.07, 6.45) is -2.97. The minimum absolute atomic E-state index is 0.0169. The fourth-order valence-corrected chi connectivity index (χ4v) is 1.86. The summed E-state index contributed by atoms with van der Waals surface area (Å²) in [5.74, 6) is 0.0169. The zero-order chi connectivity index (χ0) is 12.2. The van der Waals surface area contributed by atoms with Crippen molar-refractivity contribution < 1.29 is 17.7 Å². The zero-order valence-corrected chi connectivity index (χ0v) is 8.47. The number of hydrogen-bond acceptors (Lipinski definition) is 3. The minimum Gasteiger partial charge on any atom is -0.337 e. The number of fused-ring (bicyclic) bond motifs is 1. The summed E-state index contributed by atoms with van der Waals surface area (Å²) in [5, 5.41) is 3.52. The number of halogens is 3. The Labute approximate surface area is 92.4 Å². The van der Waals surface area contributed by atoms with Crippen molar-refractivity contribution >= 4 is 11.1 Å². The van der Waals surface area contributed by atoms with E-state index in [2.05, 4.69) is 10.1 Å². The first-order valence-corrected chi connectivity index (χ1v) is 5.06. The van der Waals surface area contributed by atoms with Gasteiger partial charge in [-0.05, 0) is 12.8 Å². The van der Waals surface area contributed by atoms with Crippen molar-refractivity contribution in [3.05, 3.63) is 27.7 Å². The molecule has 0 aliphatic heterocycles. The molecular weight excluding hydrogens is 237 g/mol. The van der Waals surface area contributed by atoms with Crippen molar-refractivity contribution in [3.8, 4) is 0 Å². The molecular formula is C10H7F3N2O2. The van der Waals surface area contributed by atoms with E-state index < -0.39 is 17.3 Å². The third kappa shape index (κ3) is 1.62. The van der Waals surface area contributed by atoms with Gasteiger partial charge in [-0.25, -0.2) is 0 Å². The van der Waals surface area contributed by atoms with Gasteiger partial charge in [-0.2, -0.15) is 13.2 Å². The first kappa shape index (κ1) is 10.4. The van der Waals surface area contributed by atoms with E-state index in [-0.39, 0.29) is 17.0 Å². The van der Waals surface area contributed by atoms with Crippen LogP contribution in [0.15, 0.2) is 15.4 Å². The Bertz CT molecular complexity index is 637. The van der Waals surface area contributed by atoms with Crippen LogP contribution >= 0.6 is 0 Å². The van der Waals surface area contributed by atoms with Crippen LogP contribution in [-0.2, 0) is 6.18 Å². The highest BCUT2D eigenvalue weighted by Gasteiger charge is 2.38. The molecule has 0 radical (unpaired) electrons. The number of nitrogens with zero attached hydrogens (tertiary/aromatic N) is 1. The lowest BCUT2D eigenvalue weighted by molar-refractivity contribution is -0.136. The largest absolute Gasteiger partial charge is 0.417 e. The van der Waals surface area contributed by atoms with Gasteiger partial charge in [0.15, 0.2) is 0 Å². The number of pyridine rings is 1. The van der Waals surface area contributed by atoms with E-state index in [0.29, 0.717) is 11.8 Å². The second-order valence-electron chi connectivity index (χ2n) is 4.09. The van der Waals surface area contributed by atoms with Gasteiger partial charge in [0.2, 0.25) is 5.71 Å². The predicted molar refractivity (Wildman–Crippen MR) is 51.6 cm³/mol. The highest BCUT2D eigenvalue weighted by atomic mass is 19.4. The number of aromatic amines is 1. The summed E-state index contributed by atoms with van der Waals surface area (Å²) in [4.78, 5) is 13.3. The maximum absolute atomic E-state index is 12.8. The number of H-pyrrole nitrogens is 1. The molecule has 0 amide bonds. The molecule has 0 spiro atoms. The molecule has 1 aliphatic rings. The Kier molecular flexibility index (Phi) is 1.90. The normalized spacial score (nSPS) is 16.6. The lowest BCUT2D eigenvalue weighted by Crippen LogP contribution is -2.13. The Morgan fingerprint density at radius 3 is 2.71 bits per heavy atom. The second-order valence-corrected chi connectivity index (χ2v) is 4.09. The van der Waals surface area contributed by atoms with Gasteiger partial charge in [0.05, 0.1) is 16.6 Å². The number of aromatic nitrogens is 2. The van der Waals surface area contributed by atoms with Crippen LogP contribution < -0.4 is 5.56 Å². The zero-order valence-electron chi connectivity index (χ0n) is 8.47. The monoisotopic (exact) mass is 244 g/mol. The van der Waals surface area contributed by atoms with Crippen LogP contribution in [0.25, 0.3) is 11.1 Å². The molecule has 7 heteroatoms. The van der Waals surface area contributed by atoms with Crippen molar-refractivity contribution in [2.75, 3.05) is 0 Å². The van der Waals surface area contributed by atoms with Crippen LogP contribution in [-0.4, -0.2) is 10.1 Å². The molecule has 2 aromatic heterocycles. The van der Waals surface area contributed by atoms with E-state index in [1.807, 2.05) is 0 Å². The van der Waals surface area contributed by atoms with Gasteiger partial charge in [-0.1, -0.05) is 5.16 Å². The first-order chi connectivity index (χ1) is 7.97. The standard InChI is InChI=1S/C10H7F3N2O2/c11-10(12,13)5-3-6(16)14-9-7(5)8(15-17-9)4-1-2-4/h3-4H,1-2H2,(H,14,16). The van der Waals surface area contributed by atoms with Gasteiger partial charge in [-0.15, -0.1) is 0 Å². The van der Waals surface area contributed by atoms with Crippen LogP contribution in [0.2, 0.25) is 0 Å². The van der Waals surface area contributed by atoms with Crippen molar-refractivity contribution in [2.24, 2.45) is 0 Å². The van der Waals surface area contributed by atoms with E-state index in [0.717, 1.165) is 12.8 Å². The second kappa shape index (κ2) is 3.12. The average Bonchev–Trinajstić information content (AvgIpc) is 2.97. The van der Waals surface area contributed by atoms with Crippen LogP contribution in [0.3, 0.4) is 0 Å². The van der Waals surface area contributed by atoms with Gasteiger partial charge >= 0.3 is 6.18 Å². The van der Waals surface area contributed by atoms with E-state index in [1.165, 1.54) is 0 Å². The molecule has 2 aromatic rings. The summed E-state index contributed by atoms with van der Waals surface area (Å²) in [6, 6.07) is 0.547. The SMILES string of the molecule is O=c1cc(C(F)(F)F)c2c(C3CC3)noc2[nH]1. The average molecular weight is 244 g/mol. The van der Waals surface area contributed by atoms with E-state index >= 15 is 0 Å². The van der Waals surface area contributed by atoms with Crippen molar-refractivity contribution in [1.82, 2.24) is 10.1 Å². The molecule has 1 saturated carbocycles. The smallest absolute Gasteiger partial charge is 0.337 e. The van der Waals surface area contributed by atoms with Crippen molar-refractivity contribution in [2.45, 2.75) is 24.9 Å². The van der Waals surface area contributed by atoms with Gasteiger partial charge in [0.1, 0.15) is 0 Å². The Morgan fingerprint density at radius 1 is 1.41 bits per heavy atom. The molecule has 1 N–H and O–H groups in total. The summed E-state index contributed by atoms with van der Waals surface area (Å²) in [7, 11) is 0. The van der Waals surface area contributed by atoms with Gasteiger partial charge in [0, 0.05) is 12.0 Å². The van der Waals surface area contributed by atoms with Gasteiger partial charge < -0.3 is 4.52 Å². The summed E-state index contributed by atoms with van der Waals surface area (Å²) >= 11 is 0. The molecule has 0 atom stereocenters. The molecule has 0 aromatic carbocycles. The van der Waals surface area contributed by atoms with E-state index in [1.54, 1.807) is 0 Å². The van der Waals surface area contributed by atoms with Crippen LogP contribution in [0, 0.1) is 0 Å². The molecule has 0 bridgehead atoms. The molecule has 17 heavy (non-hydrogen) atoms. The Morgan fingerprint density at radius 2 is 2.12 bits per heavy atom. The van der Waals surface area contributed by atoms with E-state index in [4.69, 9.17) is 4.52 Å². The third-order valence-corrected chi connectivity index (χ3v) is 2.77. The minimum atomic E-state index is -4.58. The van der Waals surface area contributed by atoms with E-state index in [9.17, 15) is 18.0 Å². The Balaban J connectivity index is 2.37. The van der Waals surface area contributed by atoms with Crippen molar-refractivity contribution in [3.63, 3.8) is 0 Å². The predicted octanol–water partition coefficient (Wildman–Crippen LogP) is 2.41. The molecule has 0 saturated heterocycles. The number of hydrogen-bond donors (Lipinski definition) is 1.